The molecule has 1 heterocycles. The highest BCUT2D eigenvalue weighted by atomic mass is 16.3. The zero-order valence-corrected chi connectivity index (χ0v) is 8.02. The fourth-order valence-corrected chi connectivity index (χ4v) is 2.16. The van der Waals surface area contributed by atoms with Crippen molar-refractivity contribution in [2.45, 2.75) is 37.6 Å². The molecule has 74 valence electrons. The van der Waals surface area contributed by atoms with Crippen molar-refractivity contribution < 1.29 is 4.42 Å². The second-order valence-corrected chi connectivity index (χ2v) is 3.76. The molecule has 0 aromatic carbocycles. The van der Waals surface area contributed by atoms with Crippen molar-refractivity contribution in [1.82, 2.24) is 0 Å². The van der Waals surface area contributed by atoms with Gasteiger partial charge >= 0.3 is 0 Å². The predicted molar refractivity (Wildman–Crippen MR) is 52.6 cm³/mol. The summed E-state index contributed by atoms with van der Waals surface area (Å²) in [4.78, 5) is 2.95. The van der Waals surface area contributed by atoms with Gasteiger partial charge in [0.05, 0.1) is 6.26 Å². The number of rotatable bonds is 2. The minimum Gasteiger partial charge on any atom is -0.469 e. The Morgan fingerprint density at radius 1 is 1.36 bits per heavy atom. The molecule has 0 spiro atoms. The lowest BCUT2D eigenvalue weighted by atomic mass is 9.81. The molecule has 2 rings (SSSR count). The molecule has 0 amide bonds. The highest BCUT2D eigenvalue weighted by Crippen LogP contribution is 2.40. The molecule has 4 heteroatoms. The summed E-state index contributed by atoms with van der Waals surface area (Å²) in [5.41, 5.74) is 8.19. The van der Waals surface area contributed by atoms with Crippen LogP contribution in [0.5, 0.6) is 0 Å². The van der Waals surface area contributed by atoms with E-state index in [2.05, 4.69) is 10.0 Å². The van der Waals surface area contributed by atoms with Crippen LogP contribution >= 0.6 is 0 Å². The second-order valence-electron chi connectivity index (χ2n) is 3.76. The number of azide groups is 1. The fraction of sp³-hybridized carbons (Fsp3) is 0.600. The van der Waals surface area contributed by atoms with Crippen molar-refractivity contribution in [2.75, 3.05) is 0 Å². The van der Waals surface area contributed by atoms with E-state index in [1.165, 1.54) is 6.42 Å². The number of hydrogen-bond donors (Lipinski definition) is 0. The maximum Gasteiger partial charge on any atom is 0.115 e. The molecular formula is C10H13N3O. The smallest absolute Gasteiger partial charge is 0.115 e. The highest BCUT2D eigenvalue weighted by Gasteiger charge is 2.35. The maximum atomic E-state index is 8.60. The monoisotopic (exact) mass is 191 g/mol. The van der Waals surface area contributed by atoms with Gasteiger partial charge in [-0.05, 0) is 30.5 Å². The first kappa shape index (κ1) is 9.16. The summed E-state index contributed by atoms with van der Waals surface area (Å²) >= 11 is 0. The van der Waals surface area contributed by atoms with Crippen molar-refractivity contribution in [3.05, 3.63) is 34.6 Å². The second kappa shape index (κ2) is 3.76. The summed E-state index contributed by atoms with van der Waals surface area (Å²) in [5, 5.41) is 3.94. The van der Waals surface area contributed by atoms with Crippen molar-refractivity contribution >= 4 is 0 Å². The summed E-state index contributed by atoms with van der Waals surface area (Å²) in [6.45, 7) is 0. The van der Waals surface area contributed by atoms with E-state index in [1.807, 2.05) is 12.1 Å². The predicted octanol–water partition coefficient (Wildman–Crippen LogP) is 3.75. The molecule has 0 radical (unpaired) electrons. The summed E-state index contributed by atoms with van der Waals surface area (Å²) in [6, 6.07) is 3.75. The zero-order chi connectivity index (χ0) is 9.86. The Bertz CT molecular complexity index is 332. The van der Waals surface area contributed by atoms with E-state index in [0.717, 1.165) is 31.4 Å². The fourth-order valence-electron chi connectivity index (χ4n) is 2.16. The minimum absolute atomic E-state index is 0.406. The summed E-state index contributed by atoms with van der Waals surface area (Å²) < 4.78 is 5.36. The number of hydrogen-bond acceptors (Lipinski definition) is 2. The standard InChI is InChI=1S/C10H13N3O/c11-13-12-10(6-2-1-3-7-10)9-5-4-8-14-9/h4-5,8H,1-3,6-7H2. The van der Waals surface area contributed by atoms with E-state index in [9.17, 15) is 0 Å². The van der Waals surface area contributed by atoms with Gasteiger partial charge in [0.1, 0.15) is 11.3 Å². The van der Waals surface area contributed by atoms with Crippen LogP contribution < -0.4 is 0 Å². The Morgan fingerprint density at radius 2 is 2.14 bits per heavy atom. The molecule has 14 heavy (non-hydrogen) atoms. The zero-order valence-electron chi connectivity index (χ0n) is 8.02. The third-order valence-corrected chi connectivity index (χ3v) is 2.90. The molecular weight excluding hydrogens is 178 g/mol. The van der Waals surface area contributed by atoms with E-state index in [-0.39, 0.29) is 0 Å². The lowest BCUT2D eigenvalue weighted by Crippen LogP contribution is -2.25. The third kappa shape index (κ3) is 1.49. The molecule has 4 nitrogen and oxygen atoms in total. The van der Waals surface area contributed by atoms with Gasteiger partial charge in [0.25, 0.3) is 0 Å². The first-order chi connectivity index (χ1) is 6.87. The van der Waals surface area contributed by atoms with Gasteiger partial charge in [0, 0.05) is 4.91 Å². The van der Waals surface area contributed by atoms with Crippen LogP contribution in [0, 0.1) is 0 Å². The SMILES string of the molecule is [N-]=[N+]=NC1(c2ccco2)CCCCC1. The molecule has 1 aliphatic rings. The van der Waals surface area contributed by atoms with Crippen LogP contribution in [0.2, 0.25) is 0 Å². The van der Waals surface area contributed by atoms with Gasteiger partial charge in [0.15, 0.2) is 0 Å². The Kier molecular flexibility index (Phi) is 2.46. The van der Waals surface area contributed by atoms with Gasteiger partial charge in [0.2, 0.25) is 0 Å². The van der Waals surface area contributed by atoms with E-state index < -0.39 is 5.54 Å². The third-order valence-electron chi connectivity index (χ3n) is 2.90. The van der Waals surface area contributed by atoms with Crippen molar-refractivity contribution in [3.63, 3.8) is 0 Å². The van der Waals surface area contributed by atoms with Crippen molar-refractivity contribution in [2.24, 2.45) is 5.11 Å². The number of nitrogens with zero attached hydrogens (tertiary/aromatic N) is 3. The average molecular weight is 191 g/mol. The van der Waals surface area contributed by atoms with Crippen LogP contribution in [-0.2, 0) is 5.54 Å². The van der Waals surface area contributed by atoms with Crippen LogP contribution in [0.15, 0.2) is 27.9 Å². The Labute approximate surface area is 82.5 Å². The quantitative estimate of drug-likeness (QED) is 0.399. The van der Waals surface area contributed by atoms with Gasteiger partial charge < -0.3 is 4.42 Å². The molecule has 0 aliphatic heterocycles. The Balaban J connectivity index is 2.34. The molecule has 0 atom stereocenters. The van der Waals surface area contributed by atoms with E-state index in [1.54, 1.807) is 6.26 Å². The van der Waals surface area contributed by atoms with Gasteiger partial charge in [-0.2, -0.15) is 0 Å². The van der Waals surface area contributed by atoms with Crippen LogP contribution in [0.4, 0.5) is 0 Å². The van der Waals surface area contributed by atoms with Crippen LogP contribution in [-0.4, -0.2) is 0 Å². The van der Waals surface area contributed by atoms with Crippen LogP contribution in [0.3, 0.4) is 0 Å². The highest BCUT2D eigenvalue weighted by molar-refractivity contribution is 5.14. The van der Waals surface area contributed by atoms with Gasteiger partial charge in [-0.15, -0.1) is 0 Å². The summed E-state index contributed by atoms with van der Waals surface area (Å²) in [7, 11) is 0. The normalized spacial score (nSPS) is 20.0. The maximum absolute atomic E-state index is 8.60. The summed E-state index contributed by atoms with van der Waals surface area (Å²) in [5.74, 6) is 0.815. The topological polar surface area (TPSA) is 61.9 Å². The first-order valence-corrected chi connectivity index (χ1v) is 4.98. The molecule has 1 saturated carbocycles. The molecule has 1 aromatic heterocycles. The molecule has 0 unspecified atom stereocenters. The number of furan rings is 1. The summed E-state index contributed by atoms with van der Waals surface area (Å²) in [6.07, 6.45) is 6.90. The molecule has 0 saturated heterocycles. The van der Waals surface area contributed by atoms with Gasteiger partial charge in [-0.3, -0.25) is 0 Å². The van der Waals surface area contributed by atoms with E-state index in [4.69, 9.17) is 9.95 Å². The van der Waals surface area contributed by atoms with E-state index in [0.29, 0.717) is 0 Å². The van der Waals surface area contributed by atoms with Crippen LogP contribution in [0.25, 0.3) is 10.4 Å². The molecule has 1 aliphatic carbocycles. The molecule has 1 fully saturated rings. The lowest BCUT2D eigenvalue weighted by molar-refractivity contribution is 0.252. The Morgan fingerprint density at radius 3 is 2.71 bits per heavy atom. The molecule has 1 aromatic rings. The van der Waals surface area contributed by atoms with Crippen molar-refractivity contribution in [1.29, 1.82) is 0 Å². The van der Waals surface area contributed by atoms with E-state index >= 15 is 0 Å². The Hall–Kier alpha value is -1.41. The molecule has 0 N–H and O–H groups in total. The molecule has 0 bridgehead atoms. The minimum atomic E-state index is -0.406. The van der Waals surface area contributed by atoms with Gasteiger partial charge in [-0.25, -0.2) is 0 Å². The van der Waals surface area contributed by atoms with Gasteiger partial charge in [-0.1, -0.05) is 24.4 Å². The first-order valence-electron chi connectivity index (χ1n) is 4.98. The van der Waals surface area contributed by atoms with Crippen molar-refractivity contribution in [3.8, 4) is 0 Å². The van der Waals surface area contributed by atoms with Crippen LogP contribution in [0.1, 0.15) is 37.9 Å². The average Bonchev–Trinajstić information content (AvgIpc) is 2.73. The lowest BCUT2D eigenvalue weighted by Gasteiger charge is -2.30. The largest absolute Gasteiger partial charge is 0.469 e.